The summed E-state index contributed by atoms with van der Waals surface area (Å²) in [5.41, 5.74) is 4.53. The van der Waals surface area contributed by atoms with E-state index in [1.165, 1.54) is 17.2 Å². The smallest absolute Gasteiger partial charge is 0.414 e. The maximum atomic E-state index is 13.8. The SMILES string of the molecule is CC(C)(C)OC(=O)N1CC2(CCNCC2)c2ccccc21.Cc1ccc(COc2ccc(CCC(=O)O)c(F)c2)cc1. The molecule has 2 N–H and O–H groups in total. The van der Waals surface area contributed by atoms with E-state index in [-0.39, 0.29) is 24.3 Å². The van der Waals surface area contributed by atoms with Crippen LogP contribution in [0.2, 0.25) is 0 Å². The van der Waals surface area contributed by atoms with Crippen LogP contribution in [0.1, 0.15) is 62.3 Å². The lowest BCUT2D eigenvalue weighted by Crippen LogP contribution is -2.45. The lowest BCUT2D eigenvalue weighted by molar-refractivity contribution is -0.136. The number of nitrogens with one attached hydrogen (secondary N) is 1. The van der Waals surface area contributed by atoms with Gasteiger partial charge in [-0.2, -0.15) is 0 Å². The molecule has 0 bridgehead atoms. The molecule has 1 fully saturated rings. The number of carboxylic acids is 1. The number of halogens is 1. The summed E-state index contributed by atoms with van der Waals surface area (Å²) >= 11 is 0. The summed E-state index contributed by atoms with van der Waals surface area (Å²) in [5, 5.41) is 12.0. The Morgan fingerprint density at radius 1 is 1.02 bits per heavy atom. The molecule has 8 heteroatoms. The fraction of sp³-hybridized carbons (Fsp3) is 0.412. The van der Waals surface area contributed by atoms with Crippen LogP contribution < -0.4 is 15.0 Å². The minimum Gasteiger partial charge on any atom is -0.489 e. The van der Waals surface area contributed by atoms with Crippen LogP contribution in [-0.2, 0) is 28.0 Å². The second kappa shape index (κ2) is 13.4. The Balaban J connectivity index is 0.000000193. The van der Waals surface area contributed by atoms with Gasteiger partial charge in [0.1, 0.15) is 23.8 Å². The number of fused-ring (bicyclic) bond motifs is 2. The number of aryl methyl sites for hydroxylation is 2. The van der Waals surface area contributed by atoms with E-state index in [1.54, 1.807) is 12.1 Å². The second-order valence-corrected chi connectivity index (χ2v) is 12.0. The van der Waals surface area contributed by atoms with Gasteiger partial charge >= 0.3 is 12.1 Å². The number of aliphatic carboxylic acids is 1. The second-order valence-electron chi connectivity index (χ2n) is 12.0. The summed E-state index contributed by atoms with van der Waals surface area (Å²) in [5.74, 6) is -0.932. The first-order chi connectivity index (χ1) is 20.0. The topological polar surface area (TPSA) is 88.1 Å². The first kappa shape index (κ1) is 31.0. The van der Waals surface area contributed by atoms with E-state index in [9.17, 15) is 14.0 Å². The van der Waals surface area contributed by atoms with Gasteiger partial charge in [-0.3, -0.25) is 9.69 Å². The zero-order valence-electron chi connectivity index (χ0n) is 24.9. The van der Waals surface area contributed by atoms with Gasteiger partial charge in [0.15, 0.2) is 0 Å². The van der Waals surface area contributed by atoms with Crippen LogP contribution in [0.25, 0.3) is 0 Å². The molecule has 42 heavy (non-hydrogen) atoms. The van der Waals surface area contributed by atoms with E-state index in [1.807, 2.05) is 69.0 Å². The molecule has 0 aliphatic carbocycles. The molecule has 2 aliphatic rings. The van der Waals surface area contributed by atoms with Gasteiger partial charge in [0.25, 0.3) is 0 Å². The third-order valence-electron chi connectivity index (χ3n) is 7.56. The van der Waals surface area contributed by atoms with Gasteiger partial charge in [-0.1, -0.05) is 54.1 Å². The molecule has 7 nitrogen and oxygen atoms in total. The molecule has 2 aliphatic heterocycles. The van der Waals surface area contributed by atoms with Crippen molar-refractivity contribution in [3.63, 3.8) is 0 Å². The molecule has 0 radical (unpaired) electrons. The predicted octanol–water partition coefficient (Wildman–Crippen LogP) is 6.79. The molecule has 3 aromatic rings. The summed E-state index contributed by atoms with van der Waals surface area (Å²) in [6.45, 7) is 10.9. The Bertz CT molecular complexity index is 1380. The number of rotatable bonds is 6. The average molecular weight is 577 g/mol. The highest BCUT2D eigenvalue weighted by Gasteiger charge is 2.45. The van der Waals surface area contributed by atoms with E-state index in [0.717, 1.165) is 43.7 Å². The number of ether oxygens (including phenoxy) is 2. The van der Waals surface area contributed by atoms with Crippen LogP contribution in [0, 0.1) is 12.7 Å². The van der Waals surface area contributed by atoms with E-state index >= 15 is 0 Å². The highest BCUT2D eigenvalue weighted by molar-refractivity contribution is 5.91. The van der Waals surface area contributed by atoms with Gasteiger partial charge in [0, 0.05) is 24.4 Å². The third-order valence-corrected chi connectivity index (χ3v) is 7.56. The maximum absolute atomic E-state index is 13.8. The molecule has 224 valence electrons. The van der Waals surface area contributed by atoms with E-state index < -0.39 is 17.4 Å². The lowest BCUT2D eigenvalue weighted by atomic mass is 9.75. The number of piperidine rings is 1. The Morgan fingerprint density at radius 3 is 2.36 bits per heavy atom. The number of amides is 1. The summed E-state index contributed by atoms with van der Waals surface area (Å²) in [7, 11) is 0. The van der Waals surface area contributed by atoms with Crippen molar-refractivity contribution < 1.29 is 28.6 Å². The highest BCUT2D eigenvalue weighted by atomic mass is 19.1. The molecule has 0 atom stereocenters. The Morgan fingerprint density at radius 2 is 1.71 bits per heavy atom. The third kappa shape index (κ3) is 8.10. The number of hydrogen-bond acceptors (Lipinski definition) is 5. The number of hydrogen-bond donors (Lipinski definition) is 2. The Hall–Kier alpha value is -3.91. The zero-order chi connectivity index (χ0) is 30.3. The predicted molar refractivity (Wildman–Crippen MR) is 162 cm³/mol. The van der Waals surface area contributed by atoms with Crippen LogP contribution >= 0.6 is 0 Å². The van der Waals surface area contributed by atoms with Crippen LogP contribution in [0.4, 0.5) is 14.9 Å². The Kier molecular flexibility index (Phi) is 9.89. The molecule has 1 saturated heterocycles. The van der Waals surface area contributed by atoms with Gasteiger partial charge < -0.3 is 19.9 Å². The highest BCUT2D eigenvalue weighted by Crippen LogP contribution is 2.46. The number of nitrogens with zero attached hydrogens (tertiary/aromatic N) is 1. The molecule has 2 heterocycles. The fourth-order valence-electron chi connectivity index (χ4n) is 5.36. The average Bonchev–Trinajstić information content (AvgIpc) is 3.26. The van der Waals surface area contributed by atoms with Crippen molar-refractivity contribution in [1.82, 2.24) is 5.32 Å². The monoisotopic (exact) mass is 576 g/mol. The molecule has 1 spiro atoms. The van der Waals surface area contributed by atoms with Crippen LogP contribution in [0.15, 0.2) is 66.7 Å². The summed E-state index contributed by atoms with van der Waals surface area (Å²) in [6.07, 6.45) is 2.01. The van der Waals surface area contributed by atoms with Crippen molar-refractivity contribution in [2.45, 2.75) is 71.0 Å². The molecule has 1 amide bonds. The maximum Gasteiger partial charge on any atom is 0.414 e. The zero-order valence-corrected chi connectivity index (χ0v) is 24.9. The quantitative estimate of drug-likeness (QED) is 0.336. The molecule has 3 aromatic carbocycles. The summed E-state index contributed by atoms with van der Waals surface area (Å²) in [4.78, 5) is 24.9. The van der Waals surface area contributed by atoms with Crippen molar-refractivity contribution >= 4 is 17.7 Å². The number of anilines is 1. The van der Waals surface area contributed by atoms with Gasteiger partial charge in [0.05, 0.1) is 5.69 Å². The van der Waals surface area contributed by atoms with Crippen molar-refractivity contribution in [3.8, 4) is 5.75 Å². The van der Waals surface area contributed by atoms with Crippen molar-refractivity contribution in [2.24, 2.45) is 0 Å². The number of para-hydroxylation sites is 1. The normalized spacial score (nSPS) is 15.4. The largest absolute Gasteiger partial charge is 0.489 e. The van der Waals surface area contributed by atoms with Gasteiger partial charge in [-0.05, 0) is 88.9 Å². The Labute approximate surface area is 247 Å². The number of carbonyl (C=O) groups is 2. The first-order valence-corrected chi connectivity index (χ1v) is 14.5. The van der Waals surface area contributed by atoms with Crippen molar-refractivity contribution in [1.29, 1.82) is 0 Å². The molecule has 0 aromatic heterocycles. The summed E-state index contributed by atoms with van der Waals surface area (Å²) < 4.78 is 24.9. The number of carboxylic acid groups (broad SMARTS) is 1. The standard InChI is InChI=1S/C17H17FO3.C17H24N2O2/c1-12-2-4-13(5-3-12)11-21-15-8-6-14(16(18)10-15)7-9-17(19)20;1-16(2,3)21-15(20)19-12-17(8-10-18-11-9-17)13-6-4-5-7-14(13)19/h2-6,8,10H,7,9,11H2,1H3,(H,19,20);4-7,18H,8-12H2,1-3H3. The fourth-order valence-corrected chi connectivity index (χ4v) is 5.36. The molecule has 5 rings (SSSR count). The molecule has 0 saturated carbocycles. The van der Waals surface area contributed by atoms with Crippen molar-refractivity contribution in [3.05, 3.63) is 94.8 Å². The van der Waals surface area contributed by atoms with E-state index in [2.05, 4.69) is 17.4 Å². The van der Waals surface area contributed by atoms with E-state index in [0.29, 0.717) is 17.9 Å². The molecular formula is C34H41FN2O5. The minimum absolute atomic E-state index is 0.0828. The van der Waals surface area contributed by atoms with E-state index in [4.69, 9.17) is 14.6 Å². The van der Waals surface area contributed by atoms with Crippen LogP contribution in [-0.4, -0.2) is 42.4 Å². The van der Waals surface area contributed by atoms with Crippen LogP contribution in [0.3, 0.4) is 0 Å². The first-order valence-electron chi connectivity index (χ1n) is 14.5. The summed E-state index contributed by atoms with van der Waals surface area (Å²) in [6, 6.07) is 20.7. The lowest BCUT2D eigenvalue weighted by Gasteiger charge is -2.34. The van der Waals surface area contributed by atoms with Gasteiger partial charge in [0.2, 0.25) is 0 Å². The van der Waals surface area contributed by atoms with Gasteiger partial charge in [-0.25, -0.2) is 9.18 Å². The molecule has 0 unspecified atom stereocenters. The van der Waals surface area contributed by atoms with Gasteiger partial charge in [-0.15, -0.1) is 0 Å². The molecular weight excluding hydrogens is 535 g/mol. The van der Waals surface area contributed by atoms with Crippen LogP contribution in [0.5, 0.6) is 5.75 Å². The minimum atomic E-state index is -0.936. The van der Waals surface area contributed by atoms with Crippen molar-refractivity contribution in [2.75, 3.05) is 24.5 Å². The number of carbonyl (C=O) groups excluding carboxylic acids is 1. The number of benzene rings is 3.